The quantitative estimate of drug-likeness (QED) is 0.654. The minimum atomic E-state index is -0.400. The maximum atomic E-state index is 13.0. The van der Waals surface area contributed by atoms with Crippen molar-refractivity contribution in [2.24, 2.45) is 5.10 Å². The van der Waals surface area contributed by atoms with Crippen LogP contribution in [0.2, 0.25) is 0 Å². The standard InChI is InChI=1S/C23H19N3O2/c1-17(27)26-21-15-9-8-14-20(21)22(23(26)28)24-25(19-12-6-3-7-13-19)16-18-10-4-2-5-11-18/h2-15H,16H2,1H3/b24-22-. The van der Waals surface area contributed by atoms with Gasteiger partial charge in [-0.2, -0.15) is 5.10 Å². The molecule has 3 aromatic rings. The molecule has 0 unspecified atom stereocenters. The number of nitrogens with zero attached hydrogens (tertiary/aromatic N) is 3. The van der Waals surface area contributed by atoms with Gasteiger partial charge in [-0.3, -0.25) is 14.6 Å². The fourth-order valence-corrected chi connectivity index (χ4v) is 3.27. The highest BCUT2D eigenvalue weighted by molar-refractivity contribution is 6.58. The van der Waals surface area contributed by atoms with E-state index in [-0.39, 0.29) is 11.6 Å². The van der Waals surface area contributed by atoms with Crippen LogP contribution in [-0.2, 0) is 16.1 Å². The smallest absolute Gasteiger partial charge is 0.274 e. The van der Waals surface area contributed by atoms with Gasteiger partial charge in [-0.05, 0) is 23.8 Å². The Morgan fingerprint density at radius 2 is 1.50 bits per heavy atom. The van der Waals surface area contributed by atoms with Gasteiger partial charge < -0.3 is 0 Å². The van der Waals surface area contributed by atoms with E-state index in [1.54, 1.807) is 11.1 Å². The van der Waals surface area contributed by atoms with E-state index in [1.165, 1.54) is 11.8 Å². The third kappa shape index (κ3) is 3.30. The first kappa shape index (κ1) is 17.7. The zero-order valence-electron chi connectivity index (χ0n) is 15.4. The predicted octanol–water partition coefficient (Wildman–Crippen LogP) is 3.99. The molecule has 5 heteroatoms. The number of hydrogen-bond donors (Lipinski definition) is 0. The SMILES string of the molecule is CC(=O)N1C(=O)/C(=N\N(Cc2ccccc2)c2ccccc2)c2ccccc21. The minimum Gasteiger partial charge on any atom is -0.274 e. The summed E-state index contributed by atoms with van der Waals surface area (Å²) in [7, 11) is 0. The lowest BCUT2D eigenvalue weighted by atomic mass is 10.1. The molecule has 0 aliphatic carbocycles. The lowest BCUT2D eigenvalue weighted by molar-refractivity contribution is -0.121. The van der Waals surface area contributed by atoms with E-state index in [0.29, 0.717) is 17.8 Å². The zero-order valence-corrected chi connectivity index (χ0v) is 15.4. The van der Waals surface area contributed by atoms with Gasteiger partial charge in [0, 0.05) is 12.5 Å². The Balaban J connectivity index is 1.80. The van der Waals surface area contributed by atoms with Crippen molar-refractivity contribution in [2.45, 2.75) is 13.5 Å². The molecule has 2 amide bonds. The molecule has 0 fully saturated rings. The highest BCUT2D eigenvalue weighted by Crippen LogP contribution is 2.30. The summed E-state index contributed by atoms with van der Waals surface area (Å²) in [5.41, 5.74) is 3.44. The second-order valence-electron chi connectivity index (χ2n) is 6.50. The molecule has 0 spiro atoms. The Bertz CT molecular complexity index is 1050. The van der Waals surface area contributed by atoms with E-state index < -0.39 is 5.91 Å². The van der Waals surface area contributed by atoms with E-state index in [2.05, 4.69) is 0 Å². The van der Waals surface area contributed by atoms with Crippen molar-refractivity contribution < 1.29 is 9.59 Å². The van der Waals surface area contributed by atoms with Gasteiger partial charge >= 0.3 is 0 Å². The van der Waals surface area contributed by atoms with Gasteiger partial charge in [0.1, 0.15) is 0 Å². The summed E-state index contributed by atoms with van der Waals surface area (Å²) in [6, 6.07) is 26.9. The highest BCUT2D eigenvalue weighted by Gasteiger charge is 2.37. The Morgan fingerprint density at radius 3 is 2.18 bits per heavy atom. The number of amides is 2. The normalized spacial score (nSPS) is 14.2. The van der Waals surface area contributed by atoms with Crippen molar-refractivity contribution in [1.82, 2.24) is 0 Å². The predicted molar refractivity (Wildman–Crippen MR) is 110 cm³/mol. The molecule has 1 aliphatic rings. The Kier molecular flexibility index (Phi) is 4.72. The molecule has 0 saturated heterocycles. The van der Waals surface area contributed by atoms with Crippen molar-refractivity contribution in [3.05, 3.63) is 96.1 Å². The van der Waals surface area contributed by atoms with Gasteiger partial charge in [-0.25, -0.2) is 4.90 Å². The second-order valence-corrected chi connectivity index (χ2v) is 6.50. The molecular formula is C23H19N3O2. The number of para-hydroxylation sites is 2. The number of carbonyl (C=O) groups excluding carboxylic acids is 2. The molecule has 4 rings (SSSR count). The van der Waals surface area contributed by atoms with Gasteiger partial charge in [0.15, 0.2) is 5.71 Å². The minimum absolute atomic E-state index is 0.269. The van der Waals surface area contributed by atoms with Crippen LogP contribution in [0.25, 0.3) is 0 Å². The molecule has 1 heterocycles. The van der Waals surface area contributed by atoms with Crippen molar-refractivity contribution in [1.29, 1.82) is 0 Å². The molecule has 0 radical (unpaired) electrons. The molecule has 28 heavy (non-hydrogen) atoms. The fourth-order valence-electron chi connectivity index (χ4n) is 3.27. The van der Waals surface area contributed by atoms with Crippen molar-refractivity contribution in [2.75, 3.05) is 9.91 Å². The van der Waals surface area contributed by atoms with Crippen molar-refractivity contribution >= 4 is 28.9 Å². The lowest BCUT2D eigenvalue weighted by Gasteiger charge is -2.20. The number of imide groups is 1. The van der Waals surface area contributed by atoms with Crippen molar-refractivity contribution in [3.63, 3.8) is 0 Å². The summed E-state index contributed by atoms with van der Waals surface area (Å²) in [4.78, 5) is 26.2. The molecular weight excluding hydrogens is 350 g/mol. The lowest BCUT2D eigenvalue weighted by Crippen LogP contribution is -2.35. The number of carbonyl (C=O) groups is 2. The largest absolute Gasteiger partial charge is 0.286 e. The van der Waals surface area contributed by atoms with Crippen LogP contribution in [0.3, 0.4) is 0 Å². The number of benzene rings is 3. The number of hydrogen-bond acceptors (Lipinski definition) is 4. The van der Waals surface area contributed by atoms with Crippen LogP contribution in [0, 0.1) is 0 Å². The van der Waals surface area contributed by atoms with Crippen LogP contribution in [0.4, 0.5) is 11.4 Å². The molecule has 0 N–H and O–H groups in total. The Labute approximate surface area is 163 Å². The first-order valence-corrected chi connectivity index (χ1v) is 9.04. The van der Waals surface area contributed by atoms with E-state index >= 15 is 0 Å². The van der Waals surface area contributed by atoms with E-state index in [0.717, 1.165) is 11.3 Å². The maximum absolute atomic E-state index is 13.0. The Hall–Kier alpha value is -3.73. The Morgan fingerprint density at radius 1 is 0.893 bits per heavy atom. The van der Waals surface area contributed by atoms with Gasteiger partial charge in [0.2, 0.25) is 5.91 Å². The monoisotopic (exact) mass is 369 g/mol. The summed E-state index contributed by atoms with van der Waals surface area (Å²) in [5.74, 6) is -0.723. The van der Waals surface area contributed by atoms with Gasteiger partial charge in [-0.1, -0.05) is 66.7 Å². The first-order valence-electron chi connectivity index (χ1n) is 9.04. The van der Waals surface area contributed by atoms with Gasteiger partial charge in [0.05, 0.1) is 17.9 Å². The first-order chi connectivity index (χ1) is 13.6. The zero-order chi connectivity index (χ0) is 19.5. The summed E-state index contributed by atoms with van der Waals surface area (Å²) in [6.45, 7) is 1.89. The summed E-state index contributed by atoms with van der Waals surface area (Å²) in [5, 5.41) is 6.50. The number of anilines is 2. The molecule has 0 saturated carbocycles. The third-order valence-electron chi connectivity index (χ3n) is 4.57. The maximum Gasteiger partial charge on any atom is 0.286 e. The van der Waals surface area contributed by atoms with Crippen LogP contribution >= 0.6 is 0 Å². The van der Waals surface area contributed by atoms with Crippen LogP contribution in [-0.4, -0.2) is 17.5 Å². The fraction of sp³-hybridized carbons (Fsp3) is 0.0870. The van der Waals surface area contributed by atoms with Crippen LogP contribution in [0.15, 0.2) is 90.0 Å². The summed E-state index contributed by atoms with van der Waals surface area (Å²) >= 11 is 0. The molecule has 0 atom stereocenters. The van der Waals surface area contributed by atoms with Crippen molar-refractivity contribution in [3.8, 4) is 0 Å². The van der Waals surface area contributed by atoms with E-state index in [4.69, 9.17) is 5.10 Å². The number of rotatable bonds is 4. The average molecular weight is 369 g/mol. The van der Waals surface area contributed by atoms with Crippen LogP contribution in [0.1, 0.15) is 18.1 Å². The molecule has 3 aromatic carbocycles. The summed E-state index contributed by atoms with van der Waals surface area (Å²) in [6.07, 6.45) is 0. The average Bonchev–Trinajstić information content (AvgIpc) is 3.00. The molecule has 0 bridgehead atoms. The number of hydrazone groups is 1. The van der Waals surface area contributed by atoms with Gasteiger partial charge in [-0.15, -0.1) is 0 Å². The molecule has 1 aliphatic heterocycles. The molecule has 0 aromatic heterocycles. The molecule has 138 valence electrons. The second kappa shape index (κ2) is 7.48. The number of fused-ring (bicyclic) bond motifs is 1. The molecule has 5 nitrogen and oxygen atoms in total. The van der Waals surface area contributed by atoms with Gasteiger partial charge in [0.25, 0.3) is 5.91 Å². The van der Waals surface area contributed by atoms with Crippen LogP contribution in [0.5, 0.6) is 0 Å². The third-order valence-corrected chi connectivity index (χ3v) is 4.57. The van der Waals surface area contributed by atoms with E-state index in [1.807, 2.05) is 78.9 Å². The topological polar surface area (TPSA) is 53.0 Å². The highest BCUT2D eigenvalue weighted by atomic mass is 16.2. The van der Waals surface area contributed by atoms with Crippen LogP contribution < -0.4 is 9.91 Å². The summed E-state index contributed by atoms with van der Waals surface area (Å²) < 4.78 is 0. The van der Waals surface area contributed by atoms with E-state index in [9.17, 15) is 9.59 Å².